The summed E-state index contributed by atoms with van der Waals surface area (Å²) in [6.45, 7) is 0. The number of hydrogen-bond acceptors (Lipinski definition) is 8. The monoisotopic (exact) mass is 389 g/mol. The summed E-state index contributed by atoms with van der Waals surface area (Å²) >= 11 is 0. The van der Waals surface area contributed by atoms with E-state index in [1.807, 2.05) is 0 Å². The number of fused-ring (bicyclic) bond motifs is 1. The van der Waals surface area contributed by atoms with Gasteiger partial charge in [0.1, 0.15) is 5.75 Å². The van der Waals surface area contributed by atoms with E-state index < -0.39 is 6.36 Å². The third kappa shape index (κ3) is 3.77. The lowest BCUT2D eigenvalue weighted by Gasteiger charge is -2.10. The number of nitrogens with one attached hydrogen (secondary N) is 1. The molecule has 8 nitrogen and oxygen atoms in total. The van der Waals surface area contributed by atoms with E-state index in [9.17, 15) is 18.3 Å². The summed E-state index contributed by atoms with van der Waals surface area (Å²) in [6.07, 6.45) is -4.73. The van der Waals surface area contributed by atoms with Gasteiger partial charge in [0.15, 0.2) is 5.82 Å². The molecule has 0 saturated heterocycles. The fraction of sp³-hybridized carbons (Fsp3) is 0.0588. The number of nitrogens with zero attached hydrogens (tertiary/aromatic N) is 4. The second kappa shape index (κ2) is 6.68. The minimum Gasteiger partial charge on any atom is -0.491 e. The summed E-state index contributed by atoms with van der Waals surface area (Å²) in [6, 6.07) is 12.4. The summed E-state index contributed by atoms with van der Waals surface area (Å²) in [4.78, 5) is 7.85. The Kier molecular flexibility index (Phi) is 4.18. The molecular formula is C17H10F3N5O3. The van der Waals surface area contributed by atoms with Crippen LogP contribution in [0.4, 0.5) is 24.7 Å². The number of rotatable bonds is 4. The van der Waals surface area contributed by atoms with E-state index in [0.717, 1.165) is 5.56 Å². The first-order chi connectivity index (χ1) is 13.4. The maximum atomic E-state index is 12.2. The second-order valence-corrected chi connectivity index (χ2v) is 5.58. The van der Waals surface area contributed by atoms with Crippen LogP contribution in [0.2, 0.25) is 0 Å². The lowest BCUT2D eigenvalue weighted by Crippen LogP contribution is -2.16. The Hall–Kier alpha value is -3.89. The van der Waals surface area contributed by atoms with Gasteiger partial charge in [0.2, 0.25) is 11.3 Å². The molecule has 0 amide bonds. The zero-order valence-electron chi connectivity index (χ0n) is 13.8. The predicted molar refractivity (Wildman–Crippen MR) is 90.9 cm³/mol. The second-order valence-electron chi connectivity index (χ2n) is 5.58. The number of ether oxygens (including phenoxy) is 1. The minimum atomic E-state index is -4.73. The van der Waals surface area contributed by atoms with Gasteiger partial charge < -0.3 is 15.2 Å². The molecule has 0 unspecified atom stereocenters. The Morgan fingerprint density at radius 3 is 2.04 bits per heavy atom. The zero-order valence-corrected chi connectivity index (χ0v) is 13.8. The van der Waals surface area contributed by atoms with Crippen LogP contribution in [0.3, 0.4) is 0 Å². The molecule has 28 heavy (non-hydrogen) atoms. The summed E-state index contributed by atoms with van der Waals surface area (Å²) < 4.78 is 45.0. The Morgan fingerprint density at radius 2 is 1.43 bits per heavy atom. The van der Waals surface area contributed by atoms with Gasteiger partial charge in [-0.25, -0.2) is 4.63 Å². The molecule has 2 aromatic heterocycles. The number of alkyl halides is 3. The standard InChI is InChI=1S/C17H10F3N5O3/c18-17(19,20)27-12-7-3-10(4-8-12)9-1-5-11(6-2-9)21-15-16(26)23-14-13(22-15)24-28-25-14/h1-8H,(H,21,22,24)(H,23,25,26). The molecule has 0 spiro atoms. The smallest absolute Gasteiger partial charge is 0.491 e. The molecule has 0 aliphatic rings. The summed E-state index contributed by atoms with van der Waals surface area (Å²) in [5.74, 6) is -0.585. The molecule has 0 fully saturated rings. The van der Waals surface area contributed by atoms with E-state index in [-0.39, 0.29) is 28.7 Å². The van der Waals surface area contributed by atoms with Gasteiger partial charge >= 0.3 is 6.36 Å². The minimum absolute atomic E-state index is 0.0737. The van der Waals surface area contributed by atoms with Crippen LogP contribution in [0, 0.1) is 0 Å². The number of aromatic hydroxyl groups is 1. The molecule has 2 heterocycles. The van der Waals surface area contributed by atoms with Crippen molar-refractivity contribution >= 4 is 22.8 Å². The Labute approximate surface area is 154 Å². The van der Waals surface area contributed by atoms with E-state index >= 15 is 0 Å². The molecule has 0 bridgehead atoms. The zero-order chi connectivity index (χ0) is 19.7. The van der Waals surface area contributed by atoms with E-state index in [0.29, 0.717) is 11.3 Å². The van der Waals surface area contributed by atoms with Crippen molar-refractivity contribution in [2.45, 2.75) is 6.36 Å². The molecule has 2 N–H and O–H groups in total. The van der Waals surface area contributed by atoms with Crippen LogP contribution in [-0.4, -0.2) is 31.8 Å². The van der Waals surface area contributed by atoms with Gasteiger partial charge in [-0.1, -0.05) is 24.3 Å². The van der Waals surface area contributed by atoms with Crippen LogP contribution in [0.1, 0.15) is 0 Å². The van der Waals surface area contributed by atoms with Gasteiger partial charge in [0, 0.05) is 5.69 Å². The molecule has 0 atom stereocenters. The van der Waals surface area contributed by atoms with Crippen LogP contribution >= 0.6 is 0 Å². The van der Waals surface area contributed by atoms with E-state index in [2.05, 4.69) is 35.0 Å². The van der Waals surface area contributed by atoms with Gasteiger partial charge in [-0.15, -0.1) is 13.2 Å². The first-order valence-electron chi connectivity index (χ1n) is 7.80. The van der Waals surface area contributed by atoms with Crippen LogP contribution in [0.5, 0.6) is 11.6 Å². The molecule has 4 rings (SSSR count). The quantitative estimate of drug-likeness (QED) is 0.539. The van der Waals surface area contributed by atoms with Crippen LogP contribution in [0.25, 0.3) is 22.4 Å². The number of aromatic nitrogens is 4. The maximum absolute atomic E-state index is 12.2. The third-order valence-electron chi connectivity index (χ3n) is 3.66. The fourth-order valence-corrected chi connectivity index (χ4v) is 2.45. The van der Waals surface area contributed by atoms with Crippen LogP contribution in [0.15, 0.2) is 53.2 Å². The normalized spacial score (nSPS) is 11.5. The molecule has 0 saturated carbocycles. The number of benzene rings is 2. The largest absolute Gasteiger partial charge is 0.573 e. The average Bonchev–Trinajstić information content (AvgIpc) is 3.09. The van der Waals surface area contributed by atoms with Crippen molar-refractivity contribution in [2.75, 3.05) is 5.32 Å². The lowest BCUT2D eigenvalue weighted by molar-refractivity contribution is -0.274. The summed E-state index contributed by atoms with van der Waals surface area (Å²) in [5, 5.41) is 19.8. The van der Waals surface area contributed by atoms with Crippen molar-refractivity contribution in [3.63, 3.8) is 0 Å². The van der Waals surface area contributed by atoms with Crippen LogP contribution < -0.4 is 10.1 Å². The molecule has 0 radical (unpaired) electrons. The number of anilines is 2. The van der Waals surface area contributed by atoms with Gasteiger partial charge in [0.25, 0.3) is 5.88 Å². The Bertz CT molecular complexity index is 1110. The SMILES string of the molecule is Oc1nc2nonc2nc1Nc1ccc(-c2ccc(OC(F)(F)F)cc2)cc1. The van der Waals surface area contributed by atoms with Crippen molar-refractivity contribution in [1.82, 2.24) is 20.3 Å². The topological polar surface area (TPSA) is 106 Å². The highest BCUT2D eigenvalue weighted by Crippen LogP contribution is 2.29. The Morgan fingerprint density at radius 1 is 0.857 bits per heavy atom. The van der Waals surface area contributed by atoms with Gasteiger partial charge in [-0.2, -0.15) is 9.97 Å². The number of halogens is 3. The highest BCUT2D eigenvalue weighted by Gasteiger charge is 2.30. The molecule has 2 aromatic carbocycles. The van der Waals surface area contributed by atoms with Gasteiger partial charge in [-0.3, -0.25) is 0 Å². The summed E-state index contributed by atoms with van der Waals surface area (Å²) in [7, 11) is 0. The first kappa shape index (κ1) is 17.5. The first-order valence-corrected chi connectivity index (χ1v) is 7.80. The highest BCUT2D eigenvalue weighted by molar-refractivity contribution is 5.72. The number of hydrogen-bond donors (Lipinski definition) is 2. The third-order valence-corrected chi connectivity index (χ3v) is 3.66. The van der Waals surface area contributed by atoms with Gasteiger partial charge in [0.05, 0.1) is 0 Å². The molecule has 142 valence electrons. The van der Waals surface area contributed by atoms with E-state index in [1.54, 1.807) is 24.3 Å². The van der Waals surface area contributed by atoms with Crippen molar-refractivity contribution in [3.05, 3.63) is 48.5 Å². The van der Waals surface area contributed by atoms with Crippen LogP contribution in [-0.2, 0) is 0 Å². The lowest BCUT2D eigenvalue weighted by atomic mass is 10.1. The Balaban J connectivity index is 1.51. The highest BCUT2D eigenvalue weighted by atomic mass is 19.4. The van der Waals surface area contributed by atoms with Crippen molar-refractivity contribution in [2.24, 2.45) is 0 Å². The average molecular weight is 389 g/mol. The van der Waals surface area contributed by atoms with E-state index in [1.165, 1.54) is 24.3 Å². The fourth-order valence-electron chi connectivity index (χ4n) is 2.45. The molecular weight excluding hydrogens is 379 g/mol. The molecule has 4 aromatic rings. The molecule has 0 aliphatic carbocycles. The summed E-state index contributed by atoms with van der Waals surface area (Å²) in [5.41, 5.74) is 2.30. The molecule has 11 heteroatoms. The van der Waals surface area contributed by atoms with E-state index in [4.69, 9.17) is 0 Å². The maximum Gasteiger partial charge on any atom is 0.573 e. The molecule has 0 aliphatic heterocycles. The van der Waals surface area contributed by atoms with Crippen molar-refractivity contribution in [3.8, 4) is 22.8 Å². The van der Waals surface area contributed by atoms with Gasteiger partial charge in [-0.05, 0) is 45.7 Å². The van der Waals surface area contributed by atoms with Crippen molar-refractivity contribution < 1.29 is 27.6 Å². The predicted octanol–water partition coefficient (Wildman–Crippen LogP) is 4.03. The van der Waals surface area contributed by atoms with Crippen molar-refractivity contribution in [1.29, 1.82) is 0 Å².